The van der Waals surface area contributed by atoms with E-state index in [-0.39, 0.29) is 25.2 Å². The molecule has 0 saturated heterocycles. The highest BCUT2D eigenvalue weighted by Gasteiger charge is 2.16. The Labute approximate surface area is 551 Å². The van der Waals surface area contributed by atoms with E-state index in [0.29, 0.717) is 12.8 Å². The molecule has 0 radical (unpaired) electrons. The standard InChI is InChI=1S/C83H154O5/c1-3-5-7-9-11-13-15-17-19-21-23-25-27-29-31-33-35-37-39-41-43-45-47-49-51-53-55-57-59-61-63-65-67-69-71-73-75-77-82(85)87-80-81(79-84)88-83(86)78-76-74-72-70-68-66-64-62-60-58-56-54-52-50-48-46-44-42-40-38-36-34-32-30-28-26-24-22-20-18-16-14-12-10-8-6-4-2/h6,8,12,14,18,20,24,26,30,32,81,84H,3-5,7,9-11,13,15-17,19,21-23,25,27-29,31,33-80H2,1-2H3/b8-6-,14-12-,20-18-,26-24-,32-30-. The summed E-state index contributed by atoms with van der Waals surface area (Å²) in [5.74, 6) is -0.564. The number of ether oxygens (including phenoxy) is 2. The zero-order valence-corrected chi connectivity index (χ0v) is 59.5. The fourth-order valence-electron chi connectivity index (χ4n) is 12.4. The molecule has 1 atom stereocenters. The molecule has 0 heterocycles. The van der Waals surface area contributed by atoms with E-state index in [1.807, 2.05) is 0 Å². The molecular formula is C83H154O5. The lowest BCUT2D eigenvalue weighted by molar-refractivity contribution is -0.161. The van der Waals surface area contributed by atoms with E-state index < -0.39 is 6.10 Å². The molecule has 88 heavy (non-hydrogen) atoms. The van der Waals surface area contributed by atoms with E-state index >= 15 is 0 Å². The van der Waals surface area contributed by atoms with Crippen molar-refractivity contribution in [3.05, 3.63) is 60.8 Å². The van der Waals surface area contributed by atoms with Crippen molar-refractivity contribution in [2.45, 2.75) is 444 Å². The van der Waals surface area contributed by atoms with Gasteiger partial charge in [0.25, 0.3) is 0 Å². The Morgan fingerprint density at radius 1 is 0.273 bits per heavy atom. The number of carbonyl (C=O) groups excluding carboxylic acids is 2. The van der Waals surface area contributed by atoms with Crippen LogP contribution in [-0.4, -0.2) is 36.4 Å². The minimum absolute atomic E-state index is 0.0594. The predicted octanol–water partition coefficient (Wildman–Crippen LogP) is 28.0. The van der Waals surface area contributed by atoms with Crippen LogP contribution in [-0.2, 0) is 19.1 Å². The molecule has 0 aliphatic rings. The Morgan fingerprint density at radius 3 is 0.739 bits per heavy atom. The number of unbranched alkanes of at least 4 members (excludes halogenated alkanes) is 57. The van der Waals surface area contributed by atoms with Gasteiger partial charge in [-0.1, -0.05) is 428 Å². The van der Waals surface area contributed by atoms with Gasteiger partial charge in [-0.3, -0.25) is 9.59 Å². The number of aliphatic hydroxyl groups excluding tert-OH is 1. The first-order chi connectivity index (χ1) is 43.6. The van der Waals surface area contributed by atoms with E-state index in [1.54, 1.807) is 0 Å². The van der Waals surface area contributed by atoms with Crippen molar-refractivity contribution in [1.82, 2.24) is 0 Å². The number of esters is 2. The van der Waals surface area contributed by atoms with Crippen molar-refractivity contribution in [2.75, 3.05) is 13.2 Å². The number of allylic oxidation sites excluding steroid dienone is 10. The van der Waals surface area contributed by atoms with Crippen LogP contribution in [0.3, 0.4) is 0 Å². The topological polar surface area (TPSA) is 72.8 Å². The third kappa shape index (κ3) is 76.1. The highest BCUT2D eigenvalue weighted by Crippen LogP contribution is 2.20. The first kappa shape index (κ1) is 85.6. The molecule has 1 unspecified atom stereocenters. The van der Waals surface area contributed by atoms with Crippen LogP contribution in [0.2, 0.25) is 0 Å². The zero-order chi connectivity index (χ0) is 63.3. The molecule has 1 N–H and O–H groups in total. The van der Waals surface area contributed by atoms with Crippen LogP contribution < -0.4 is 0 Å². The van der Waals surface area contributed by atoms with Gasteiger partial charge in [0.2, 0.25) is 0 Å². The molecule has 0 rings (SSSR count). The Hall–Kier alpha value is -2.40. The summed E-state index contributed by atoms with van der Waals surface area (Å²) in [5, 5.41) is 9.73. The molecule has 0 aromatic heterocycles. The maximum Gasteiger partial charge on any atom is 0.306 e. The lowest BCUT2D eigenvalue weighted by atomic mass is 10.0. The monoisotopic (exact) mass is 1230 g/mol. The van der Waals surface area contributed by atoms with Crippen molar-refractivity contribution in [3.8, 4) is 0 Å². The second kappa shape index (κ2) is 78.8. The molecule has 0 bridgehead atoms. The van der Waals surface area contributed by atoms with Crippen LogP contribution in [0.1, 0.15) is 438 Å². The second-order valence-corrected chi connectivity index (χ2v) is 27.1. The molecule has 0 fully saturated rings. The summed E-state index contributed by atoms with van der Waals surface area (Å²) in [6.45, 7) is 4.10. The lowest BCUT2D eigenvalue weighted by Gasteiger charge is -2.15. The summed E-state index contributed by atoms with van der Waals surface area (Å²) in [6, 6.07) is 0. The lowest BCUT2D eigenvalue weighted by Crippen LogP contribution is -2.28. The van der Waals surface area contributed by atoms with Crippen LogP contribution in [0.5, 0.6) is 0 Å². The molecular weight excluding hydrogens is 1080 g/mol. The summed E-state index contributed by atoms with van der Waals surface area (Å²) in [6.07, 6.45) is 109. The summed E-state index contributed by atoms with van der Waals surface area (Å²) < 4.78 is 10.8. The maximum absolute atomic E-state index is 12.4. The highest BCUT2D eigenvalue weighted by molar-refractivity contribution is 5.70. The van der Waals surface area contributed by atoms with E-state index in [4.69, 9.17) is 9.47 Å². The Balaban J connectivity index is 3.37. The Kier molecular flexibility index (Phi) is 76.7. The van der Waals surface area contributed by atoms with Gasteiger partial charge in [-0.05, 0) is 57.8 Å². The second-order valence-electron chi connectivity index (χ2n) is 27.1. The number of aliphatic hydroxyl groups is 1. The summed E-state index contributed by atoms with van der Waals surface area (Å²) in [7, 11) is 0. The van der Waals surface area contributed by atoms with Crippen molar-refractivity contribution in [2.24, 2.45) is 0 Å². The third-order valence-corrected chi connectivity index (χ3v) is 18.3. The van der Waals surface area contributed by atoms with Gasteiger partial charge in [0.15, 0.2) is 6.10 Å². The molecule has 0 spiro atoms. The fraction of sp³-hybridized carbons (Fsp3) is 0.855. The van der Waals surface area contributed by atoms with Gasteiger partial charge in [-0.2, -0.15) is 0 Å². The SMILES string of the molecule is CC/C=C\C/C=C\C/C=C\C/C=C\C/C=C\CCCCCCCCCCCCCCCCCCCCCCCC(=O)OC(CO)COC(=O)CCCCCCCCCCCCCCCCCCCCCCCCCCCCCCCCCCCCCCC. The highest BCUT2D eigenvalue weighted by atomic mass is 16.6. The number of hydrogen-bond donors (Lipinski definition) is 1. The molecule has 516 valence electrons. The van der Waals surface area contributed by atoms with Crippen LogP contribution in [0, 0.1) is 0 Å². The van der Waals surface area contributed by atoms with E-state index in [0.717, 1.165) is 64.2 Å². The fourth-order valence-corrected chi connectivity index (χ4v) is 12.4. The third-order valence-electron chi connectivity index (χ3n) is 18.3. The van der Waals surface area contributed by atoms with Gasteiger partial charge >= 0.3 is 11.9 Å². The molecule has 5 heteroatoms. The minimum atomic E-state index is -0.771. The molecule has 0 amide bonds. The van der Waals surface area contributed by atoms with Crippen molar-refractivity contribution < 1.29 is 24.2 Å². The summed E-state index contributed by atoms with van der Waals surface area (Å²) >= 11 is 0. The largest absolute Gasteiger partial charge is 0.462 e. The quantitative estimate of drug-likeness (QED) is 0.0373. The van der Waals surface area contributed by atoms with E-state index in [9.17, 15) is 14.7 Å². The van der Waals surface area contributed by atoms with E-state index in [1.165, 1.54) is 347 Å². The average molecular weight is 1230 g/mol. The van der Waals surface area contributed by atoms with Gasteiger partial charge < -0.3 is 14.6 Å². The number of rotatable bonds is 75. The Morgan fingerprint density at radius 2 is 0.489 bits per heavy atom. The number of hydrogen-bond acceptors (Lipinski definition) is 5. The van der Waals surface area contributed by atoms with Gasteiger partial charge in [0.05, 0.1) is 6.61 Å². The molecule has 0 aliphatic heterocycles. The van der Waals surface area contributed by atoms with Gasteiger partial charge in [-0.15, -0.1) is 0 Å². The van der Waals surface area contributed by atoms with Crippen molar-refractivity contribution in [3.63, 3.8) is 0 Å². The molecule has 0 saturated carbocycles. The van der Waals surface area contributed by atoms with Crippen molar-refractivity contribution >= 4 is 11.9 Å². The molecule has 5 nitrogen and oxygen atoms in total. The molecule has 0 aliphatic carbocycles. The minimum Gasteiger partial charge on any atom is -0.462 e. The molecule has 0 aromatic rings. The maximum atomic E-state index is 12.4. The Bertz CT molecular complexity index is 1490. The van der Waals surface area contributed by atoms with Crippen LogP contribution >= 0.6 is 0 Å². The first-order valence-electron chi connectivity index (χ1n) is 39.8. The smallest absolute Gasteiger partial charge is 0.306 e. The molecule has 0 aromatic carbocycles. The van der Waals surface area contributed by atoms with Gasteiger partial charge in [0, 0.05) is 12.8 Å². The van der Waals surface area contributed by atoms with Crippen LogP contribution in [0.25, 0.3) is 0 Å². The van der Waals surface area contributed by atoms with E-state index in [2.05, 4.69) is 74.6 Å². The normalized spacial score (nSPS) is 12.4. The zero-order valence-electron chi connectivity index (χ0n) is 59.5. The van der Waals surface area contributed by atoms with Gasteiger partial charge in [0.1, 0.15) is 6.61 Å². The predicted molar refractivity (Wildman–Crippen MR) is 390 cm³/mol. The summed E-state index contributed by atoms with van der Waals surface area (Å²) in [4.78, 5) is 24.7. The van der Waals surface area contributed by atoms with Crippen LogP contribution in [0.4, 0.5) is 0 Å². The van der Waals surface area contributed by atoms with Gasteiger partial charge in [-0.25, -0.2) is 0 Å². The summed E-state index contributed by atoms with van der Waals surface area (Å²) in [5.41, 5.74) is 0. The average Bonchev–Trinajstić information content (AvgIpc) is 3.55. The first-order valence-corrected chi connectivity index (χ1v) is 39.8. The van der Waals surface area contributed by atoms with Crippen LogP contribution in [0.15, 0.2) is 60.8 Å². The number of carbonyl (C=O) groups is 2. The van der Waals surface area contributed by atoms with Crippen molar-refractivity contribution in [1.29, 1.82) is 0 Å².